The predicted octanol–water partition coefficient (Wildman–Crippen LogP) is 3.25. The molecule has 0 fully saturated rings. The van der Waals surface area contributed by atoms with Gasteiger partial charge in [-0.2, -0.15) is 5.10 Å². The number of aliphatic hydroxyl groups excluding tert-OH is 1. The third-order valence-corrected chi connectivity index (χ3v) is 5.33. The lowest BCUT2D eigenvalue weighted by molar-refractivity contribution is 0.175. The third kappa shape index (κ3) is 3.93. The summed E-state index contributed by atoms with van der Waals surface area (Å²) in [5.41, 5.74) is 4.36. The maximum Gasteiger partial charge on any atom is 0.228 e. The first kappa shape index (κ1) is 19.8. The SMILES string of the molecule is Cc1ccc(C(O)Cc2nnc3cc(-c4ccnc(Nc5ccnn5C)n4)ccn23)cc1. The van der Waals surface area contributed by atoms with Crippen molar-refractivity contribution in [3.05, 3.63) is 84.1 Å². The molecule has 1 aromatic carbocycles. The van der Waals surface area contributed by atoms with Crippen LogP contribution in [0.5, 0.6) is 0 Å². The fourth-order valence-corrected chi connectivity index (χ4v) is 3.51. The van der Waals surface area contributed by atoms with E-state index in [0.29, 0.717) is 23.8 Å². The van der Waals surface area contributed by atoms with Crippen molar-refractivity contribution in [1.82, 2.24) is 34.3 Å². The van der Waals surface area contributed by atoms with Crippen molar-refractivity contribution >= 4 is 17.4 Å². The summed E-state index contributed by atoms with van der Waals surface area (Å²) < 4.78 is 3.60. The van der Waals surface area contributed by atoms with Gasteiger partial charge in [0.2, 0.25) is 5.95 Å². The summed E-state index contributed by atoms with van der Waals surface area (Å²) in [4.78, 5) is 8.90. The van der Waals surface area contributed by atoms with E-state index in [9.17, 15) is 5.11 Å². The normalized spacial score (nSPS) is 12.2. The average molecular weight is 426 g/mol. The molecule has 0 radical (unpaired) electrons. The average Bonchev–Trinajstić information content (AvgIpc) is 3.40. The Labute approximate surface area is 184 Å². The van der Waals surface area contributed by atoms with Crippen molar-refractivity contribution in [2.75, 3.05) is 5.32 Å². The molecule has 32 heavy (non-hydrogen) atoms. The zero-order valence-corrected chi connectivity index (χ0v) is 17.7. The van der Waals surface area contributed by atoms with Gasteiger partial charge in [-0.25, -0.2) is 9.97 Å². The lowest BCUT2D eigenvalue weighted by Crippen LogP contribution is -2.05. The Kier molecular flexibility index (Phi) is 5.08. The summed E-state index contributed by atoms with van der Waals surface area (Å²) in [6.07, 6.45) is 5.04. The quantitative estimate of drug-likeness (QED) is 0.429. The Bertz CT molecular complexity index is 1370. The van der Waals surface area contributed by atoms with Crippen molar-refractivity contribution in [1.29, 1.82) is 0 Å². The largest absolute Gasteiger partial charge is 0.388 e. The van der Waals surface area contributed by atoms with Crippen LogP contribution in [0.15, 0.2) is 67.1 Å². The number of hydrogen-bond acceptors (Lipinski definition) is 7. The van der Waals surface area contributed by atoms with Crippen LogP contribution in [0.2, 0.25) is 0 Å². The number of rotatable bonds is 6. The highest BCUT2D eigenvalue weighted by molar-refractivity contribution is 5.65. The molecule has 0 saturated carbocycles. The van der Waals surface area contributed by atoms with E-state index in [2.05, 4.69) is 30.6 Å². The molecule has 4 heterocycles. The van der Waals surface area contributed by atoms with Crippen LogP contribution >= 0.6 is 0 Å². The molecule has 160 valence electrons. The minimum Gasteiger partial charge on any atom is -0.388 e. The van der Waals surface area contributed by atoms with Crippen LogP contribution in [0.4, 0.5) is 11.8 Å². The van der Waals surface area contributed by atoms with Gasteiger partial charge in [0, 0.05) is 37.5 Å². The van der Waals surface area contributed by atoms with E-state index < -0.39 is 6.10 Å². The summed E-state index contributed by atoms with van der Waals surface area (Å²) in [5, 5.41) is 26.5. The van der Waals surface area contributed by atoms with Crippen LogP contribution in [0.3, 0.4) is 0 Å². The fraction of sp³-hybridized carbons (Fsp3) is 0.174. The summed E-state index contributed by atoms with van der Waals surface area (Å²) in [6, 6.07) is 15.4. The molecular weight excluding hydrogens is 404 g/mol. The van der Waals surface area contributed by atoms with Gasteiger partial charge in [-0.05, 0) is 30.7 Å². The van der Waals surface area contributed by atoms with E-state index in [1.807, 2.05) is 73.1 Å². The molecule has 0 aliphatic heterocycles. The minimum absolute atomic E-state index is 0.371. The lowest BCUT2D eigenvalue weighted by Gasteiger charge is -2.10. The Morgan fingerprint density at radius 1 is 1.03 bits per heavy atom. The summed E-state index contributed by atoms with van der Waals surface area (Å²) in [6.45, 7) is 2.02. The van der Waals surface area contributed by atoms with E-state index in [1.54, 1.807) is 17.1 Å². The number of aromatic nitrogens is 7. The number of hydrogen-bond donors (Lipinski definition) is 2. The minimum atomic E-state index is -0.648. The Balaban J connectivity index is 1.38. The van der Waals surface area contributed by atoms with E-state index in [-0.39, 0.29) is 0 Å². The highest BCUT2D eigenvalue weighted by Crippen LogP contribution is 2.23. The molecule has 9 heteroatoms. The van der Waals surface area contributed by atoms with Gasteiger partial charge in [0.05, 0.1) is 18.0 Å². The van der Waals surface area contributed by atoms with Crippen LogP contribution in [0.1, 0.15) is 23.1 Å². The second kappa shape index (κ2) is 8.20. The van der Waals surface area contributed by atoms with Crippen molar-refractivity contribution in [3.8, 4) is 11.3 Å². The van der Waals surface area contributed by atoms with Gasteiger partial charge in [-0.3, -0.25) is 9.08 Å². The van der Waals surface area contributed by atoms with Crippen LogP contribution in [-0.4, -0.2) is 39.5 Å². The summed E-state index contributed by atoms with van der Waals surface area (Å²) in [5.74, 6) is 1.97. The number of anilines is 2. The number of aryl methyl sites for hydroxylation is 2. The zero-order valence-electron chi connectivity index (χ0n) is 17.7. The molecule has 4 aromatic heterocycles. The molecule has 0 bridgehead atoms. The molecule has 0 aliphatic carbocycles. The van der Waals surface area contributed by atoms with Gasteiger partial charge in [0.1, 0.15) is 11.6 Å². The number of benzene rings is 1. The molecule has 0 spiro atoms. The second-order valence-corrected chi connectivity index (χ2v) is 7.62. The van der Waals surface area contributed by atoms with Crippen LogP contribution in [0, 0.1) is 6.92 Å². The van der Waals surface area contributed by atoms with Crippen LogP contribution in [0.25, 0.3) is 16.9 Å². The van der Waals surface area contributed by atoms with E-state index in [4.69, 9.17) is 0 Å². The number of pyridine rings is 1. The molecule has 0 aliphatic rings. The molecule has 1 unspecified atom stereocenters. The lowest BCUT2D eigenvalue weighted by atomic mass is 10.0. The monoisotopic (exact) mass is 426 g/mol. The van der Waals surface area contributed by atoms with E-state index in [0.717, 1.165) is 28.2 Å². The van der Waals surface area contributed by atoms with Crippen molar-refractivity contribution < 1.29 is 5.11 Å². The predicted molar refractivity (Wildman–Crippen MR) is 120 cm³/mol. The first-order valence-electron chi connectivity index (χ1n) is 10.2. The van der Waals surface area contributed by atoms with Gasteiger partial charge < -0.3 is 10.4 Å². The van der Waals surface area contributed by atoms with Crippen LogP contribution in [-0.2, 0) is 13.5 Å². The van der Waals surface area contributed by atoms with E-state index >= 15 is 0 Å². The van der Waals surface area contributed by atoms with Gasteiger partial charge in [0.25, 0.3) is 0 Å². The van der Waals surface area contributed by atoms with Gasteiger partial charge in [-0.1, -0.05) is 29.8 Å². The standard InChI is InChI=1S/C23H22N8O/c1-15-3-5-16(6-4-15)19(32)14-22-29-28-21-13-17(9-12-31(21)22)18-7-10-24-23(26-18)27-20-8-11-25-30(20)2/h3-13,19,32H,14H2,1-2H3,(H,24,26,27). The molecule has 5 rings (SSSR count). The van der Waals surface area contributed by atoms with Crippen molar-refractivity contribution in [2.45, 2.75) is 19.4 Å². The molecule has 0 amide bonds. The van der Waals surface area contributed by atoms with Gasteiger partial charge >= 0.3 is 0 Å². The molecule has 0 saturated heterocycles. The Hall–Kier alpha value is -4.11. The summed E-state index contributed by atoms with van der Waals surface area (Å²) >= 11 is 0. The number of aliphatic hydroxyl groups is 1. The van der Waals surface area contributed by atoms with E-state index in [1.165, 1.54) is 0 Å². The third-order valence-electron chi connectivity index (χ3n) is 5.33. The smallest absolute Gasteiger partial charge is 0.228 e. The Morgan fingerprint density at radius 2 is 1.88 bits per heavy atom. The second-order valence-electron chi connectivity index (χ2n) is 7.62. The molecule has 5 aromatic rings. The number of nitrogens with one attached hydrogen (secondary N) is 1. The van der Waals surface area contributed by atoms with Crippen molar-refractivity contribution in [3.63, 3.8) is 0 Å². The Morgan fingerprint density at radius 3 is 2.66 bits per heavy atom. The van der Waals surface area contributed by atoms with Crippen LogP contribution < -0.4 is 5.32 Å². The maximum absolute atomic E-state index is 10.6. The maximum atomic E-state index is 10.6. The molecule has 2 N–H and O–H groups in total. The first-order chi connectivity index (χ1) is 15.6. The first-order valence-corrected chi connectivity index (χ1v) is 10.2. The number of nitrogens with zero attached hydrogens (tertiary/aromatic N) is 7. The number of fused-ring (bicyclic) bond motifs is 1. The van der Waals surface area contributed by atoms with Gasteiger partial charge in [-0.15, -0.1) is 10.2 Å². The molecule has 1 atom stereocenters. The molecular formula is C23H22N8O. The summed E-state index contributed by atoms with van der Waals surface area (Å²) in [7, 11) is 1.85. The zero-order chi connectivity index (χ0) is 22.1. The highest BCUT2D eigenvalue weighted by atomic mass is 16.3. The molecule has 9 nitrogen and oxygen atoms in total. The van der Waals surface area contributed by atoms with Crippen molar-refractivity contribution in [2.24, 2.45) is 7.05 Å². The topological polar surface area (TPSA) is 106 Å². The highest BCUT2D eigenvalue weighted by Gasteiger charge is 2.14. The fourth-order valence-electron chi connectivity index (χ4n) is 3.51. The van der Waals surface area contributed by atoms with Gasteiger partial charge in [0.15, 0.2) is 5.65 Å².